The van der Waals surface area contributed by atoms with E-state index in [1.165, 1.54) is 40.1 Å². The quantitative estimate of drug-likeness (QED) is 0.309. The maximum atomic E-state index is 14.3. The van der Waals surface area contributed by atoms with Crippen LogP contribution >= 0.6 is 0 Å². The predicted molar refractivity (Wildman–Crippen MR) is 120 cm³/mol. The molecule has 7 nitrogen and oxygen atoms in total. The zero-order valence-electron chi connectivity index (χ0n) is 19.1. The Hall–Kier alpha value is -4.02. The summed E-state index contributed by atoms with van der Waals surface area (Å²) in [6.45, 7) is 0. The van der Waals surface area contributed by atoms with Crippen LogP contribution < -0.4 is 0 Å². The third-order valence-electron chi connectivity index (χ3n) is 6.99. The van der Waals surface area contributed by atoms with Crippen LogP contribution in [0.25, 0.3) is 16.9 Å². The van der Waals surface area contributed by atoms with Gasteiger partial charge in [-0.05, 0) is 56.0 Å². The monoisotopic (exact) mass is 496 g/mol. The van der Waals surface area contributed by atoms with E-state index < -0.39 is 29.3 Å². The van der Waals surface area contributed by atoms with Crippen LogP contribution in [0.2, 0.25) is 0 Å². The molecule has 6 rings (SSSR count). The summed E-state index contributed by atoms with van der Waals surface area (Å²) < 4.78 is 57.4. The zero-order chi connectivity index (χ0) is 25.1. The topological polar surface area (TPSA) is 68.8 Å². The third-order valence-corrected chi connectivity index (χ3v) is 6.99. The average Bonchev–Trinajstić information content (AvgIpc) is 3.49. The molecular formula is C25H20F4N6O. The number of nitrogens with zero attached hydrogens (tertiary/aromatic N) is 6. The number of fused-ring (bicyclic) bond motifs is 4. The number of halogens is 4. The largest absolute Gasteiger partial charge is 0.327 e. The van der Waals surface area contributed by atoms with Gasteiger partial charge in [-0.1, -0.05) is 0 Å². The molecule has 2 aromatic carbocycles. The number of aromatic nitrogens is 5. The molecule has 0 saturated carbocycles. The molecule has 4 aromatic rings. The Morgan fingerprint density at radius 3 is 2.44 bits per heavy atom. The van der Waals surface area contributed by atoms with Crippen molar-refractivity contribution in [1.29, 1.82) is 0 Å². The first kappa shape index (κ1) is 22.4. The van der Waals surface area contributed by atoms with Gasteiger partial charge >= 0.3 is 0 Å². The molecule has 0 spiro atoms. The fraction of sp³-hybridized carbons (Fsp3) is 0.280. The van der Waals surface area contributed by atoms with Gasteiger partial charge in [0.25, 0.3) is 5.91 Å². The van der Waals surface area contributed by atoms with Crippen LogP contribution in [-0.2, 0) is 13.5 Å². The lowest BCUT2D eigenvalue weighted by molar-refractivity contribution is 0.0391. The van der Waals surface area contributed by atoms with Gasteiger partial charge in [-0.25, -0.2) is 17.6 Å². The summed E-state index contributed by atoms with van der Waals surface area (Å²) in [4.78, 5) is 16.9. The van der Waals surface area contributed by atoms with Gasteiger partial charge in [0, 0.05) is 24.2 Å². The fourth-order valence-corrected chi connectivity index (χ4v) is 5.54. The maximum absolute atomic E-state index is 14.3. The van der Waals surface area contributed by atoms with Gasteiger partial charge in [-0.3, -0.25) is 9.48 Å². The SMILES string of the molecule is Cn1nc2c(c1-c1cc(F)c(F)c(F)c1)C[C@H]1CCC[C@@H]2N1C(=O)c1cc(F)ccc1-n1nccn1. The normalized spacial score (nSPS) is 18.9. The van der Waals surface area contributed by atoms with E-state index >= 15 is 0 Å². The smallest absolute Gasteiger partial charge is 0.257 e. The van der Waals surface area contributed by atoms with Crippen molar-refractivity contribution in [1.82, 2.24) is 29.7 Å². The van der Waals surface area contributed by atoms with Gasteiger partial charge in [0.05, 0.1) is 41.1 Å². The Bertz CT molecular complexity index is 1480. The van der Waals surface area contributed by atoms with E-state index in [1.54, 1.807) is 11.9 Å². The van der Waals surface area contributed by atoms with E-state index in [0.717, 1.165) is 24.1 Å². The van der Waals surface area contributed by atoms with E-state index in [0.29, 0.717) is 36.3 Å². The average molecular weight is 496 g/mol. The van der Waals surface area contributed by atoms with Crippen molar-refractivity contribution in [2.24, 2.45) is 7.05 Å². The highest BCUT2D eigenvalue weighted by Crippen LogP contribution is 2.45. The number of piperidine rings is 1. The van der Waals surface area contributed by atoms with Crippen LogP contribution in [0.15, 0.2) is 42.7 Å². The van der Waals surface area contributed by atoms with Crippen molar-refractivity contribution in [3.05, 3.63) is 82.8 Å². The van der Waals surface area contributed by atoms with Crippen LogP contribution in [-0.4, -0.2) is 41.6 Å². The minimum absolute atomic E-state index is 0.130. The molecule has 184 valence electrons. The van der Waals surface area contributed by atoms with Crippen LogP contribution in [0, 0.1) is 23.3 Å². The summed E-state index contributed by atoms with van der Waals surface area (Å²) in [5.41, 5.74) is 2.54. The second-order valence-electron chi connectivity index (χ2n) is 9.09. The molecule has 0 aliphatic carbocycles. The molecule has 0 unspecified atom stereocenters. The molecule has 1 saturated heterocycles. The number of aryl methyl sites for hydroxylation is 1. The number of hydrogen-bond acceptors (Lipinski definition) is 4. The van der Waals surface area contributed by atoms with Crippen LogP contribution in [0.4, 0.5) is 17.6 Å². The number of amides is 1. The highest BCUT2D eigenvalue weighted by molar-refractivity contribution is 5.98. The van der Waals surface area contributed by atoms with Crippen molar-refractivity contribution in [2.45, 2.75) is 37.8 Å². The molecule has 2 aliphatic rings. The lowest BCUT2D eigenvalue weighted by Crippen LogP contribution is -2.50. The standard InChI is InChI=1S/C25H20F4N6O/c1-33-24(13-9-18(27)22(29)19(28)10-13)17-12-15-3-2-4-21(23(17)32-33)34(15)25(36)16-11-14(26)5-6-20(16)35-30-7-8-31-35/h5-11,15,21H,2-4,12H2,1H3/t15-,21+/m1/s1. The molecular weight excluding hydrogens is 476 g/mol. The summed E-state index contributed by atoms with van der Waals surface area (Å²) in [6, 6.07) is 5.17. The zero-order valence-corrected chi connectivity index (χ0v) is 19.1. The number of rotatable bonds is 3. The molecule has 11 heteroatoms. The van der Waals surface area contributed by atoms with E-state index in [9.17, 15) is 22.4 Å². The first-order valence-corrected chi connectivity index (χ1v) is 11.5. The lowest BCUT2D eigenvalue weighted by Gasteiger charge is -2.45. The maximum Gasteiger partial charge on any atom is 0.257 e. The van der Waals surface area contributed by atoms with E-state index in [1.807, 2.05) is 0 Å². The molecule has 1 amide bonds. The van der Waals surface area contributed by atoms with Crippen molar-refractivity contribution >= 4 is 5.91 Å². The fourth-order valence-electron chi connectivity index (χ4n) is 5.54. The molecule has 1 fully saturated rings. The molecule has 0 N–H and O–H groups in total. The number of benzene rings is 2. The summed E-state index contributed by atoms with van der Waals surface area (Å²) in [5.74, 6) is -5.01. The Morgan fingerprint density at radius 2 is 1.72 bits per heavy atom. The number of hydrogen-bond donors (Lipinski definition) is 0. The minimum Gasteiger partial charge on any atom is -0.327 e. The van der Waals surface area contributed by atoms with Gasteiger partial charge in [0.2, 0.25) is 0 Å². The molecule has 0 radical (unpaired) electrons. The summed E-state index contributed by atoms with van der Waals surface area (Å²) >= 11 is 0. The molecule has 4 heterocycles. The van der Waals surface area contributed by atoms with Crippen molar-refractivity contribution in [3.8, 4) is 16.9 Å². The second-order valence-corrected chi connectivity index (χ2v) is 9.09. The predicted octanol–water partition coefficient (Wildman–Crippen LogP) is 4.52. The van der Waals surface area contributed by atoms with Crippen molar-refractivity contribution in [2.75, 3.05) is 0 Å². The molecule has 36 heavy (non-hydrogen) atoms. The summed E-state index contributed by atoms with van der Waals surface area (Å²) in [5, 5.41) is 12.8. The third kappa shape index (κ3) is 3.41. The van der Waals surface area contributed by atoms with Gasteiger partial charge < -0.3 is 4.90 Å². The Kier molecular flexibility index (Phi) is 5.16. The number of carbonyl (C=O) groups is 1. The minimum atomic E-state index is -1.53. The lowest BCUT2D eigenvalue weighted by atomic mass is 9.81. The van der Waals surface area contributed by atoms with Crippen molar-refractivity contribution < 1.29 is 22.4 Å². The first-order valence-electron chi connectivity index (χ1n) is 11.5. The molecule has 2 aromatic heterocycles. The van der Waals surface area contributed by atoms with Gasteiger partial charge in [-0.2, -0.15) is 20.1 Å². The van der Waals surface area contributed by atoms with Crippen LogP contribution in [0.1, 0.15) is 46.9 Å². The van der Waals surface area contributed by atoms with Crippen LogP contribution in [0.3, 0.4) is 0 Å². The highest BCUT2D eigenvalue weighted by atomic mass is 19.2. The Balaban J connectivity index is 1.45. The number of carbonyl (C=O) groups excluding carboxylic acids is 1. The summed E-state index contributed by atoms with van der Waals surface area (Å²) in [7, 11) is 1.65. The van der Waals surface area contributed by atoms with Crippen LogP contribution in [0.5, 0.6) is 0 Å². The molecule has 2 atom stereocenters. The molecule has 2 aliphatic heterocycles. The van der Waals surface area contributed by atoms with Crippen molar-refractivity contribution in [3.63, 3.8) is 0 Å². The second kappa shape index (κ2) is 8.28. The van der Waals surface area contributed by atoms with E-state index in [2.05, 4.69) is 15.3 Å². The highest BCUT2D eigenvalue weighted by Gasteiger charge is 2.44. The first-order chi connectivity index (χ1) is 17.3. The summed E-state index contributed by atoms with van der Waals surface area (Å²) in [6.07, 6.45) is 5.52. The molecule has 2 bridgehead atoms. The van der Waals surface area contributed by atoms with Gasteiger partial charge in [-0.15, -0.1) is 0 Å². The van der Waals surface area contributed by atoms with Gasteiger partial charge in [0.1, 0.15) is 5.82 Å². The van der Waals surface area contributed by atoms with E-state index in [-0.39, 0.29) is 23.1 Å². The van der Waals surface area contributed by atoms with E-state index in [4.69, 9.17) is 0 Å². The van der Waals surface area contributed by atoms with Gasteiger partial charge in [0.15, 0.2) is 17.5 Å². The Morgan fingerprint density at radius 1 is 1.00 bits per heavy atom. The Labute approximate surface area is 202 Å².